The number of allylic oxidation sites excluding steroid dienone is 1. The monoisotopic (exact) mass is 375 g/mol. The molecule has 0 aliphatic carbocycles. The second kappa shape index (κ2) is 6.82. The highest BCUT2D eigenvalue weighted by atomic mass is 35.5. The molecule has 1 heterocycles. The summed E-state index contributed by atoms with van der Waals surface area (Å²) in [5.41, 5.74) is 7.07. The van der Waals surface area contributed by atoms with Gasteiger partial charge in [0.2, 0.25) is 5.91 Å². The van der Waals surface area contributed by atoms with Gasteiger partial charge in [-0.25, -0.2) is 4.40 Å². The van der Waals surface area contributed by atoms with Crippen molar-refractivity contribution in [3.05, 3.63) is 59.0 Å². The molecule has 130 valence electrons. The van der Waals surface area contributed by atoms with Gasteiger partial charge < -0.3 is 10.5 Å². The van der Waals surface area contributed by atoms with Crippen LogP contribution in [0.2, 0.25) is 0 Å². The second-order valence-corrected chi connectivity index (χ2v) is 8.32. The second-order valence-electron chi connectivity index (χ2n) is 5.57. The van der Waals surface area contributed by atoms with E-state index in [0.717, 1.165) is 4.90 Å². The van der Waals surface area contributed by atoms with Crippen molar-refractivity contribution < 1.29 is 9.53 Å². The number of amides is 1. The van der Waals surface area contributed by atoms with E-state index >= 15 is 0 Å². The minimum absolute atomic E-state index is 0.168. The van der Waals surface area contributed by atoms with Gasteiger partial charge in [-0.15, -0.1) is 0 Å². The third-order valence-corrected chi connectivity index (χ3v) is 6.70. The number of hydrogen-bond acceptors (Lipinski definition) is 4. The van der Waals surface area contributed by atoms with E-state index < -0.39 is 10.4 Å². The van der Waals surface area contributed by atoms with E-state index in [1.165, 1.54) is 6.92 Å². The molecule has 0 spiro atoms. The van der Waals surface area contributed by atoms with E-state index in [-0.39, 0.29) is 5.91 Å². The van der Waals surface area contributed by atoms with Gasteiger partial charge in [-0.05, 0) is 59.8 Å². The fourth-order valence-corrected chi connectivity index (χ4v) is 5.39. The number of carbonyl (C=O) groups excluding carboxylic acids is 1. The molecule has 3 rings (SSSR count). The number of halogens is 1. The molecule has 7 heteroatoms. The van der Waals surface area contributed by atoms with Crippen LogP contribution in [-0.2, 0) is 4.79 Å². The normalized spacial score (nSPS) is 21.7. The van der Waals surface area contributed by atoms with Crippen molar-refractivity contribution in [1.82, 2.24) is 4.72 Å². The van der Waals surface area contributed by atoms with E-state index in [2.05, 4.69) is 9.12 Å². The van der Waals surface area contributed by atoms with Crippen LogP contribution in [0.1, 0.15) is 13.8 Å². The van der Waals surface area contributed by atoms with Crippen LogP contribution in [0.25, 0.3) is 0 Å². The summed E-state index contributed by atoms with van der Waals surface area (Å²) in [5.74, 6) is 1.15. The number of rotatable bonds is 4. The molecule has 0 radical (unpaired) electrons. The first-order valence-electron chi connectivity index (χ1n) is 7.57. The molecule has 0 bridgehead atoms. The van der Waals surface area contributed by atoms with Crippen molar-refractivity contribution in [2.75, 3.05) is 5.73 Å². The highest BCUT2D eigenvalue weighted by Crippen LogP contribution is 2.60. The molecule has 3 N–H and O–H groups in total. The zero-order valence-corrected chi connectivity index (χ0v) is 15.4. The molecule has 2 aromatic rings. The van der Waals surface area contributed by atoms with E-state index in [1.807, 2.05) is 36.6 Å². The Kier molecular flexibility index (Phi) is 4.74. The Labute approximate surface area is 153 Å². The van der Waals surface area contributed by atoms with Gasteiger partial charge >= 0.3 is 0 Å². The fourth-order valence-electron chi connectivity index (χ4n) is 2.38. The third kappa shape index (κ3) is 3.81. The Morgan fingerprint density at radius 1 is 1.20 bits per heavy atom. The van der Waals surface area contributed by atoms with Crippen molar-refractivity contribution in [3.8, 4) is 11.5 Å². The van der Waals surface area contributed by atoms with Crippen molar-refractivity contribution in [2.24, 2.45) is 4.40 Å². The topological polar surface area (TPSA) is 76.7 Å². The molecule has 0 fully saturated rings. The van der Waals surface area contributed by atoms with E-state index in [9.17, 15) is 4.79 Å². The summed E-state index contributed by atoms with van der Waals surface area (Å²) < 4.78 is 13.5. The summed E-state index contributed by atoms with van der Waals surface area (Å²) in [6.45, 7) is 3.29. The number of hydrogen-bond donors (Lipinski definition) is 2. The molecule has 2 aromatic carbocycles. The predicted molar refractivity (Wildman–Crippen MR) is 104 cm³/mol. The number of nitrogen functional groups attached to an aromatic ring is 1. The zero-order chi connectivity index (χ0) is 18.0. The largest absolute Gasteiger partial charge is 0.457 e. The lowest BCUT2D eigenvalue weighted by atomic mass is 10.3. The molecular weight excluding hydrogens is 358 g/mol. The quantitative estimate of drug-likeness (QED) is 0.757. The maximum atomic E-state index is 11.7. The van der Waals surface area contributed by atoms with Gasteiger partial charge in [0.25, 0.3) is 0 Å². The van der Waals surface area contributed by atoms with Gasteiger partial charge in [0, 0.05) is 22.9 Å². The van der Waals surface area contributed by atoms with Gasteiger partial charge in [0.05, 0.1) is 10.7 Å². The Hall–Kier alpha value is -2.44. The van der Waals surface area contributed by atoms with E-state index in [1.54, 1.807) is 24.3 Å². The lowest BCUT2D eigenvalue weighted by molar-refractivity contribution is -0.117. The Bertz CT molecular complexity index is 860. The SMILES string of the molecule is CC(=O)NS1(c2cccc(Oc3ccc(N)cc3)c2)C=C(Cl)C(C)=N1. The number of benzene rings is 2. The smallest absolute Gasteiger partial charge is 0.227 e. The number of nitrogens with two attached hydrogens (primary N) is 1. The van der Waals surface area contributed by atoms with Crippen LogP contribution in [0.4, 0.5) is 5.69 Å². The van der Waals surface area contributed by atoms with Crippen LogP contribution in [0.3, 0.4) is 0 Å². The molecule has 1 atom stereocenters. The molecule has 5 nitrogen and oxygen atoms in total. The van der Waals surface area contributed by atoms with Crippen molar-refractivity contribution in [3.63, 3.8) is 0 Å². The summed E-state index contributed by atoms with van der Waals surface area (Å²) >= 11 is 6.22. The minimum atomic E-state index is -2.06. The van der Waals surface area contributed by atoms with Gasteiger partial charge in [0.15, 0.2) is 0 Å². The number of carbonyl (C=O) groups is 1. The Morgan fingerprint density at radius 3 is 2.52 bits per heavy atom. The van der Waals surface area contributed by atoms with Crippen LogP contribution < -0.4 is 15.2 Å². The number of nitrogens with one attached hydrogen (secondary N) is 1. The Balaban J connectivity index is 1.96. The molecule has 0 saturated carbocycles. The van der Waals surface area contributed by atoms with Crippen molar-refractivity contribution >= 4 is 39.3 Å². The van der Waals surface area contributed by atoms with Crippen LogP contribution in [0.5, 0.6) is 11.5 Å². The average Bonchev–Trinajstić information content (AvgIpc) is 2.84. The molecular formula is C18H18ClN3O2S. The van der Waals surface area contributed by atoms with Crippen molar-refractivity contribution in [2.45, 2.75) is 18.7 Å². The summed E-state index contributed by atoms with van der Waals surface area (Å²) in [4.78, 5) is 12.6. The van der Waals surface area contributed by atoms with Crippen molar-refractivity contribution in [1.29, 1.82) is 0 Å². The first kappa shape index (κ1) is 17.4. The third-order valence-electron chi connectivity index (χ3n) is 3.48. The standard InChI is InChI=1S/C18H18ClN3O2S/c1-12-18(19)11-25(21-12,22-13(2)23)17-5-3-4-16(10-17)24-15-8-6-14(20)7-9-15/h3-11H,20H2,1-2H3,(H,22,23). The molecule has 1 aliphatic rings. The minimum Gasteiger partial charge on any atom is -0.457 e. The average molecular weight is 376 g/mol. The summed E-state index contributed by atoms with van der Waals surface area (Å²) in [6.07, 6.45) is 0. The van der Waals surface area contributed by atoms with Gasteiger partial charge in [-0.1, -0.05) is 17.7 Å². The van der Waals surface area contributed by atoms with Crippen LogP contribution in [-0.4, -0.2) is 11.6 Å². The summed E-state index contributed by atoms with van der Waals surface area (Å²) in [6, 6.07) is 14.6. The number of anilines is 1. The molecule has 1 amide bonds. The fraction of sp³-hybridized carbons (Fsp3) is 0.111. The number of ether oxygens (including phenoxy) is 1. The summed E-state index contributed by atoms with van der Waals surface area (Å²) in [7, 11) is -2.06. The maximum Gasteiger partial charge on any atom is 0.227 e. The van der Waals surface area contributed by atoms with E-state index in [0.29, 0.717) is 27.9 Å². The van der Waals surface area contributed by atoms with E-state index in [4.69, 9.17) is 22.1 Å². The lowest BCUT2D eigenvalue weighted by Crippen LogP contribution is -2.22. The maximum absolute atomic E-state index is 11.7. The summed E-state index contributed by atoms with van der Waals surface area (Å²) in [5, 5.41) is 2.36. The predicted octanol–water partition coefficient (Wildman–Crippen LogP) is 4.75. The molecule has 1 aliphatic heterocycles. The van der Waals surface area contributed by atoms with Gasteiger partial charge in [-0.3, -0.25) is 9.52 Å². The van der Waals surface area contributed by atoms with Crippen LogP contribution >= 0.6 is 22.0 Å². The molecule has 25 heavy (non-hydrogen) atoms. The highest BCUT2D eigenvalue weighted by Gasteiger charge is 2.31. The molecule has 0 aromatic heterocycles. The van der Waals surface area contributed by atoms with Crippen LogP contribution in [0, 0.1) is 0 Å². The van der Waals surface area contributed by atoms with Gasteiger partial charge in [0.1, 0.15) is 11.5 Å². The molecule has 1 unspecified atom stereocenters. The van der Waals surface area contributed by atoms with Crippen LogP contribution in [0.15, 0.2) is 68.3 Å². The highest BCUT2D eigenvalue weighted by molar-refractivity contribution is 8.34. The first-order chi connectivity index (χ1) is 11.9. The lowest BCUT2D eigenvalue weighted by Gasteiger charge is -2.31. The zero-order valence-electron chi connectivity index (χ0n) is 13.8. The number of nitrogens with zero attached hydrogens (tertiary/aromatic N) is 1. The van der Waals surface area contributed by atoms with Gasteiger partial charge in [-0.2, -0.15) is 0 Å². The molecule has 0 saturated heterocycles. The first-order valence-corrected chi connectivity index (χ1v) is 9.60. The Morgan fingerprint density at radius 2 is 1.92 bits per heavy atom.